The van der Waals surface area contributed by atoms with Crippen LogP contribution in [-0.4, -0.2) is 43.2 Å². The first-order chi connectivity index (χ1) is 13.5. The zero-order valence-electron chi connectivity index (χ0n) is 15.7. The van der Waals surface area contributed by atoms with Gasteiger partial charge in [-0.1, -0.05) is 18.2 Å². The van der Waals surface area contributed by atoms with Crippen LogP contribution in [0.5, 0.6) is 0 Å². The number of piperidine rings is 1. The van der Waals surface area contributed by atoms with Crippen molar-refractivity contribution in [3.63, 3.8) is 0 Å². The van der Waals surface area contributed by atoms with Gasteiger partial charge in [-0.05, 0) is 37.1 Å². The van der Waals surface area contributed by atoms with Crippen LogP contribution in [0.3, 0.4) is 0 Å². The molecule has 1 aliphatic rings. The minimum Gasteiger partial charge on any atom is -0.384 e. The zero-order chi connectivity index (χ0) is 19.7. The Kier molecular flexibility index (Phi) is 4.68. The summed E-state index contributed by atoms with van der Waals surface area (Å²) in [6.07, 6.45) is 3.22. The SMILES string of the molecule is Cn1nc(C2CCCN(C(=O)c3ccc(N)nc3)C2)n(-c2ccccc2)c1=O. The van der Waals surface area contributed by atoms with Crippen molar-refractivity contribution in [3.8, 4) is 5.69 Å². The van der Waals surface area contributed by atoms with Crippen LogP contribution in [0.1, 0.15) is 34.9 Å². The van der Waals surface area contributed by atoms with Gasteiger partial charge in [-0.3, -0.25) is 4.79 Å². The molecular formula is C20H22N6O2. The van der Waals surface area contributed by atoms with Crippen molar-refractivity contribution in [2.45, 2.75) is 18.8 Å². The van der Waals surface area contributed by atoms with Gasteiger partial charge in [0.15, 0.2) is 0 Å². The number of aromatic nitrogens is 4. The molecule has 1 unspecified atom stereocenters. The zero-order valence-corrected chi connectivity index (χ0v) is 15.7. The lowest BCUT2D eigenvalue weighted by Crippen LogP contribution is -2.40. The quantitative estimate of drug-likeness (QED) is 0.746. The molecule has 144 valence electrons. The molecule has 1 amide bonds. The average molecular weight is 378 g/mol. The number of hydrogen-bond donors (Lipinski definition) is 1. The highest BCUT2D eigenvalue weighted by Crippen LogP contribution is 2.27. The molecule has 3 heterocycles. The number of nitrogen functional groups attached to an aromatic ring is 1. The summed E-state index contributed by atoms with van der Waals surface area (Å²) in [5, 5.41) is 4.49. The first-order valence-electron chi connectivity index (χ1n) is 9.27. The standard InChI is InChI=1S/C20H22N6O2/c1-24-20(28)26(16-7-3-2-4-8-16)18(23-24)15-6-5-11-25(13-15)19(27)14-9-10-17(21)22-12-14/h2-4,7-10,12,15H,5-6,11,13H2,1H3,(H2,21,22). The number of aryl methyl sites for hydroxylation is 1. The minimum atomic E-state index is -0.188. The predicted octanol–water partition coefficient (Wildman–Crippen LogP) is 1.57. The Bertz CT molecular complexity index is 1040. The number of carbonyl (C=O) groups is 1. The van der Waals surface area contributed by atoms with Gasteiger partial charge in [-0.2, -0.15) is 5.10 Å². The third-order valence-electron chi connectivity index (χ3n) is 5.07. The normalized spacial score (nSPS) is 16.9. The van der Waals surface area contributed by atoms with Crippen molar-refractivity contribution in [3.05, 3.63) is 70.5 Å². The Hall–Kier alpha value is -3.42. The van der Waals surface area contributed by atoms with E-state index < -0.39 is 0 Å². The van der Waals surface area contributed by atoms with Crippen LogP contribution >= 0.6 is 0 Å². The number of nitrogens with zero attached hydrogens (tertiary/aromatic N) is 5. The van der Waals surface area contributed by atoms with E-state index >= 15 is 0 Å². The summed E-state index contributed by atoms with van der Waals surface area (Å²) in [5.74, 6) is 0.968. The first kappa shape index (κ1) is 18.0. The number of anilines is 1. The van der Waals surface area contributed by atoms with Crippen molar-refractivity contribution in [1.82, 2.24) is 24.2 Å². The molecule has 0 spiro atoms. The summed E-state index contributed by atoms with van der Waals surface area (Å²) in [4.78, 5) is 31.3. The van der Waals surface area contributed by atoms with Crippen LogP contribution in [0.2, 0.25) is 0 Å². The maximum atomic E-state index is 12.9. The molecule has 0 radical (unpaired) electrons. The minimum absolute atomic E-state index is 0.0199. The van der Waals surface area contributed by atoms with Gasteiger partial charge in [0.1, 0.15) is 11.6 Å². The fourth-order valence-electron chi connectivity index (χ4n) is 3.65. The van der Waals surface area contributed by atoms with Crippen LogP contribution in [0, 0.1) is 0 Å². The summed E-state index contributed by atoms with van der Waals surface area (Å²) >= 11 is 0. The molecule has 2 N–H and O–H groups in total. The number of pyridine rings is 1. The van der Waals surface area contributed by atoms with E-state index in [1.165, 1.54) is 10.9 Å². The van der Waals surface area contributed by atoms with E-state index in [2.05, 4.69) is 10.1 Å². The third-order valence-corrected chi connectivity index (χ3v) is 5.07. The van der Waals surface area contributed by atoms with E-state index in [0.29, 0.717) is 30.3 Å². The topological polar surface area (TPSA) is 99.0 Å². The van der Waals surface area contributed by atoms with Gasteiger partial charge < -0.3 is 10.6 Å². The Morgan fingerprint density at radius 2 is 1.96 bits per heavy atom. The molecule has 1 saturated heterocycles. The number of amides is 1. The summed E-state index contributed by atoms with van der Waals surface area (Å²) < 4.78 is 3.00. The summed E-state index contributed by atoms with van der Waals surface area (Å²) in [5.41, 5.74) is 6.72. The van der Waals surface area contributed by atoms with E-state index in [1.54, 1.807) is 28.6 Å². The largest absolute Gasteiger partial charge is 0.384 e. The number of nitrogens with two attached hydrogens (primary N) is 1. The number of hydrogen-bond acceptors (Lipinski definition) is 5. The average Bonchev–Trinajstić information content (AvgIpc) is 3.03. The molecule has 2 aromatic heterocycles. The van der Waals surface area contributed by atoms with E-state index in [1.807, 2.05) is 30.3 Å². The summed E-state index contributed by atoms with van der Waals surface area (Å²) in [6, 6.07) is 12.8. The van der Waals surface area contributed by atoms with Gasteiger partial charge in [-0.25, -0.2) is 19.0 Å². The molecule has 8 nitrogen and oxygen atoms in total. The molecule has 4 rings (SSSR count). The van der Waals surface area contributed by atoms with E-state index in [-0.39, 0.29) is 17.5 Å². The molecule has 28 heavy (non-hydrogen) atoms. The van der Waals surface area contributed by atoms with Crippen molar-refractivity contribution in [2.24, 2.45) is 7.05 Å². The fourth-order valence-corrected chi connectivity index (χ4v) is 3.65. The molecule has 3 aromatic rings. The molecule has 1 atom stereocenters. The Morgan fingerprint density at radius 1 is 1.18 bits per heavy atom. The highest BCUT2D eigenvalue weighted by Gasteiger charge is 2.30. The Morgan fingerprint density at radius 3 is 2.68 bits per heavy atom. The molecule has 8 heteroatoms. The second-order valence-electron chi connectivity index (χ2n) is 7.00. The van der Waals surface area contributed by atoms with Crippen molar-refractivity contribution in [2.75, 3.05) is 18.8 Å². The second kappa shape index (κ2) is 7.30. The molecular weight excluding hydrogens is 356 g/mol. The maximum absolute atomic E-state index is 12.9. The van der Waals surface area contributed by atoms with Crippen molar-refractivity contribution in [1.29, 1.82) is 0 Å². The van der Waals surface area contributed by atoms with E-state index in [4.69, 9.17) is 5.73 Å². The molecule has 0 aliphatic carbocycles. The fraction of sp³-hybridized carbons (Fsp3) is 0.300. The van der Waals surface area contributed by atoms with Gasteiger partial charge in [0.2, 0.25) is 0 Å². The first-order valence-corrected chi connectivity index (χ1v) is 9.27. The Labute approximate surface area is 162 Å². The third kappa shape index (κ3) is 3.28. The highest BCUT2D eigenvalue weighted by atomic mass is 16.2. The molecule has 1 aliphatic heterocycles. The number of benzene rings is 1. The molecule has 1 fully saturated rings. The molecule has 0 saturated carbocycles. The van der Waals surface area contributed by atoms with Crippen LogP contribution in [0.15, 0.2) is 53.5 Å². The lowest BCUT2D eigenvalue weighted by Gasteiger charge is -2.32. The van der Waals surface area contributed by atoms with E-state index in [0.717, 1.165) is 18.5 Å². The van der Waals surface area contributed by atoms with Crippen LogP contribution in [-0.2, 0) is 7.05 Å². The van der Waals surface area contributed by atoms with Gasteiger partial charge in [0.25, 0.3) is 5.91 Å². The van der Waals surface area contributed by atoms with Gasteiger partial charge in [-0.15, -0.1) is 0 Å². The van der Waals surface area contributed by atoms with Crippen LogP contribution in [0.25, 0.3) is 5.69 Å². The van der Waals surface area contributed by atoms with Gasteiger partial charge >= 0.3 is 5.69 Å². The number of likely N-dealkylation sites (tertiary alicyclic amines) is 1. The molecule has 0 bridgehead atoms. The predicted molar refractivity (Wildman–Crippen MR) is 105 cm³/mol. The van der Waals surface area contributed by atoms with Crippen molar-refractivity contribution < 1.29 is 4.79 Å². The van der Waals surface area contributed by atoms with E-state index in [9.17, 15) is 9.59 Å². The lowest BCUT2D eigenvalue weighted by molar-refractivity contribution is 0.0703. The van der Waals surface area contributed by atoms with Gasteiger partial charge in [0.05, 0.1) is 11.3 Å². The summed E-state index contributed by atoms with van der Waals surface area (Å²) in [6.45, 7) is 1.18. The Balaban J connectivity index is 1.64. The van der Waals surface area contributed by atoms with Crippen molar-refractivity contribution >= 4 is 11.7 Å². The lowest BCUT2D eigenvalue weighted by atomic mass is 9.96. The molecule has 1 aromatic carbocycles. The van der Waals surface area contributed by atoms with Crippen LogP contribution < -0.4 is 11.4 Å². The summed E-state index contributed by atoms with van der Waals surface area (Å²) in [7, 11) is 1.65. The second-order valence-corrected chi connectivity index (χ2v) is 7.00. The highest BCUT2D eigenvalue weighted by molar-refractivity contribution is 5.94. The number of rotatable bonds is 3. The van der Waals surface area contributed by atoms with Gasteiger partial charge in [0, 0.05) is 32.3 Å². The maximum Gasteiger partial charge on any atom is 0.350 e. The number of para-hydroxylation sites is 1. The smallest absolute Gasteiger partial charge is 0.350 e. The monoisotopic (exact) mass is 378 g/mol. The number of carbonyl (C=O) groups excluding carboxylic acids is 1. The van der Waals surface area contributed by atoms with Crippen LogP contribution in [0.4, 0.5) is 5.82 Å².